The van der Waals surface area contributed by atoms with Crippen LogP contribution in [0.15, 0.2) is 59.8 Å². The Morgan fingerprint density at radius 3 is 2.48 bits per heavy atom. The van der Waals surface area contributed by atoms with Gasteiger partial charge in [0.1, 0.15) is 6.54 Å². The van der Waals surface area contributed by atoms with Gasteiger partial charge < -0.3 is 9.47 Å². The van der Waals surface area contributed by atoms with Crippen LogP contribution in [0.4, 0.5) is 0 Å². The van der Waals surface area contributed by atoms with Gasteiger partial charge in [-0.2, -0.15) is 5.10 Å². The zero-order valence-electron chi connectivity index (χ0n) is 14.5. The minimum Gasteiger partial charge on any atom is -0.347 e. The minimum absolute atomic E-state index is 0.0293. The largest absolute Gasteiger partial charge is 0.347 e. The topological polar surface area (TPSA) is 60.1 Å². The quantitative estimate of drug-likeness (QED) is 0.732. The van der Waals surface area contributed by atoms with Crippen molar-refractivity contribution in [3.63, 3.8) is 0 Å². The van der Waals surface area contributed by atoms with E-state index in [0.717, 1.165) is 22.3 Å². The number of carbonyl (C=O) groups excluding carboxylic acids is 1. The fourth-order valence-corrected chi connectivity index (χ4v) is 2.59. The van der Waals surface area contributed by atoms with Gasteiger partial charge in [-0.1, -0.05) is 30.3 Å². The van der Waals surface area contributed by atoms with Crippen LogP contribution in [0.2, 0.25) is 0 Å². The maximum absolute atomic E-state index is 12.1. The molecule has 2 heterocycles. The number of amides is 1. The second-order valence-corrected chi connectivity index (χ2v) is 6.13. The van der Waals surface area contributed by atoms with Gasteiger partial charge in [-0.25, -0.2) is 0 Å². The first-order valence-electron chi connectivity index (χ1n) is 7.95. The number of carbonyl (C=O) groups is 1. The van der Waals surface area contributed by atoms with Crippen LogP contribution in [0.25, 0.3) is 22.3 Å². The summed E-state index contributed by atoms with van der Waals surface area (Å²) >= 11 is 0. The predicted octanol–water partition coefficient (Wildman–Crippen LogP) is 2.00. The van der Waals surface area contributed by atoms with Gasteiger partial charge in [0.15, 0.2) is 0 Å². The summed E-state index contributed by atoms with van der Waals surface area (Å²) in [7, 11) is 5.15. The van der Waals surface area contributed by atoms with Crippen LogP contribution in [0.3, 0.4) is 0 Å². The molecule has 0 aliphatic carbocycles. The van der Waals surface area contributed by atoms with Gasteiger partial charge >= 0.3 is 0 Å². The predicted molar refractivity (Wildman–Crippen MR) is 97.0 cm³/mol. The van der Waals surface area contributed by atoms with Gasteiger partial charge in [-0.05, 0) is 11.1 Å². The molecule has 1 amide bonds. The fraction of sp³-hybridized carbons (Fsp3) is 0.211. The average Bonchev–Trinajstić information content (AvgIpc) is 3.06. The Bertz CT molecular complexity index is 955. The van der Waals surface area contributed by atoms with Crippen molar-refractivity contribution in [2.75, 3.05) is 14.1 Å². The molecule has 0 unspecified atom stereocenters. The summed E-state index contributed by atoms with van der Waals surface area (Å²) in [6.45, 7) is 0.180. The van der Waals surface area contributed by atoms with Crippen molar-refractivity contribution in [2.45, 2.75) is 6.54 Å². The molecule has 0 atom stereocenters. The maximum Gasteiger partial charge on any atom is 0.250 e. The van der Waals surface area contributed by atoms with Gasteiger partial charge in [0.25, 0.3) is 5.56 Å². The highest BCUT2D eigenvalue weighted by Crippen LogP contribution is 2.30. The van der Waals surface area contributed by atoms with E-state index in [9.17, 15) is 9.59 Å². The second kappa shape index (κ2) is 6.76. The first-order chi connectivity index (χ1) is 12.0. The number of rotatable bonds is 4. The number of aryl methyl sites for hydroxylation is 1. The number of benzene rings is 1. The van der Waals surface area contributed by atoms with Crippen LogP contribution >= 0.6 is 0 Å². The SMILES string of the molecule is CN(C)C(=O)Cn1cc(-c2cn(C)c(=O)cc2-c2ccccc2)cn1. The Balaban J connectivity index is 2.06. The van der Waals surface area contributed by atoms with Gasteiger partial charge in [0, 0.05) is 50.7 Å². The van der Waals surface area contributed by atoms with Gasteiger partial charge in [0.2, 0.25) is 5.91 Å². The molecule has 6 nitrogen and oxygen atoms in total. The van der Waals surface area contributed by atoms with E-state index in [0.29, 0.717) is 0 Å². The molecule has 6 heteroatoms. The smallest absolute Gasteiger partial charge is 0.250 e. The van der Waals surface area contributed by atoms with Crippen LogP contribution in [-0.2, 0) is 18.4 Å². The highest BCUT2D eigenvalue weighted by Gasteiger charge is 2.13. The van der Waals surface area contributed by atoms with Crippen molar-refractivity contribution in [1.82, 2.24) is 19.2 Å². The normalized spacial score (nSPS) is 10.7. The molecule has 0 saturated heterocycles. The Morgan fingerprint density at radius 2 is 1.80 bits per heavy atom. The van der Waals surface area contributed by atoms with Crippen molar-refractivity contribution in [1.29, 1.82) is 0 Å². The molecular formula is C19H20N4O2. The number of nitrogens with zero attached hydrogens (tertiary/aromatic N) is 4. The van der Waals surface area contributed by atoms with Gasteiger partial charge in [0.05, 0.1) is 6.20 Å². The summed E-state index contributed by atoms with van der Waals surface area (Å²) in [5.74, 6) is -0.0293. The van der Waals surface area contributed by atoms with Crippen molar-refractivity contribution >= 4 is 5.91 Å². The summed E-state index contributed by atoms with van der Waals surface area (Å²) in [4.78, 5) is 25.5. The zero-order chi connectivity index (χ0) is 18.0. The van der Waals surface area contributed by atoms with Crippen molar-refractivity contribution < 1.29 is 4.79 Å². The highest BCUT2D eigenvalue weighted by atomic mass is 16.2. The number of aromatic nitrogens is 3. The van der Waals surface area contributed by atoms with E-state index in [1.807, 2.05) is 36.5 Å². The molecule has 0 saturated carbocycles. The lowest BCUT2D eigenvalue weighted by molar-refractivity contribution is -0.129. The molecule has 128 valence electrons. The Hall–Kier alpha value is -3.15. The second-order valence-electron chi connectivity index (χ2n) is 6.13. The highest BCUT2D eigenvalue weighted by molar-refractivity contribution is 5.82. The third-order valence-corrected chi connectivity index (χ3v) is 4.05. The molecule has 0 N–H and O–H groups in total. The zero-order valence-corrected chi connectivity index (χ0v) is 14.5. The first-order valence-corrected chi connectivity index (χ1v) is 7.95. The van der Waals surface area contributed by atoms with Crippen LogP contribution in [-0.4, -0.2) is 39.3 Å². The molecule has 0 aliphatic rings. The molecular weight excluding hydrogens is 316 g/mol. The van der Waals surface area contributed by atoms with Gasteiger partial charge in [-0.15, -0.1) is 0 Å². The number of hydrogen-bond donors (Lipinski definition) is 0. The Kier molecular flexibility index (Phi) is 4.52. The van der Waals surface area contributed by atoms with Crippen molar-refractivity contribution in [3.8, 4) is 22.3 Å². The molecule has 0 fully saturated rings. The fourth-order valence-electron chi connectivity index (χ4n) is 2.59. The number of likely N-dealkylation sites (N-methyl/N-ethyl adjacent to an activating group) is 1. The van der Waals surface area contributed by atoms with E-state index in [1.165, 1.54) is 4.90 Å². The summed E-state index contributed by atoms with van der Waals surface area (Å²) in [5, 5.41) is 4.28. The lowest BCUT2D eigenvalue weighted by Gasteiger charge is -2.11. The maximum atomic E-state index is 12.1. The summed E-state index contributed by atoms with van der Waals surface area (Å²) in [6.07, 6.45) is 5.35. The lowest BCUT2D eigenvalue weighted by Crippen LogP contribution is -2.26. The van der Waals surface area contributed by atoms with Crippen molar-refractivity contribution in [3.05, 3.63) is 65.3 Å². The van der Waals surface area contributed by atoms with Crippen LogP contribution in [0.5, 0.6) is 0 Å². The first kappa shape index (κ1) is 16.7. The minimum atomic E-state index is -0.0715. The van der Waals surface area contributed by atoms with Gasteiger partial charge in [-0.3, -0.25) is 14.3 Å². The molecule has 0 radical (unpaired) electrons. The Labute approximate surface area is 145 Å². The summed E-state index contributed by atoms with van der Waals surface area (Å²) in [5.41, 5.74) is 3.50. The molecule has 3 rings (SSSR count). The van der Waals surface area contributed by atoms with E-state index in [-0.39, 0.29) is 18.0 Å². The third-order valence-electron chi connectivity index (χ3n) is 4.05. The summed E-state index contributed by atoms with van der Waals surface area (Å²) < 4.78 is 3.15. The molecule has 0 bridgehead atoms. The third kappa shape index (κ3) is 3.52. The average molecular weight is 336 g/mol. The molecule has 3 aromatic rings. The summed E-state index contributed by atoms with van der Waals surface area (Å²) in [6, 6.07) is 11.4. The number of pyridine rings is 1. The standard InChI is InChI=1S/C19H20N4O2/c1-21(2)19(25)13-23-11-15(10-20-23)17-12-22(3)18(24)9-16(17)14-7-5-4-6-8-14/h4-12H,13H2,1-3H3. The lowest BCUT2D eigenvalue weighted by atomic mass is 9.98. The van der Waals surface area contributed by atoms with E-state index < -0.39 is 0 Å². The van der Waals surface area contributed by atoms with E-state index in [4.69, 9.17) is 0 Å². The molecule has 0 spiro atoms. The monoisotopic (exact) mass is 336 g/mol. The molecule has 2 aromatic heterocycles. The van der Waals surface area contributed by atoms with Crippen LogP contribution < -0.4 is 5.56 Å². The molecule has 0 aliphatic heterocycles. The molecule has 1 aromatic carbocycles. The Morgan fingerprint density at radius 1 is 1.08 bits per heavy atom. The van der Waals surface area contributed by atoms with E-state index >= 15 is 0 Å². The van der Waals surface area contributed by atoms with E-state index in [1.54, 1.807) is 48.9 Å². The van der Waals surface area contributed by atoms with Crippen LogP contribution in [0.1, 0.15) is 0 Å². The molecule has 25 heavy (non-hydrogen) atoms. The van der Waals surface area contributed by atoms with E-state index in [2.05, 4.69) is 5.10 Å². The van der Waals surface area contributed by atoms with Crippen molar-refractivity contribution in [2.24, 2.45) is 7.05 Å². The van der Waals surface area contributed by atoms with Crippen LogP contribution in [0, 0.1) is 0 Å². The number of hydrogen-bond acceptors (Lipinski definition) is 3.